The standard InChI is InChI=1S/C12H18O4/c13-7-3-1-2-4-10-9(8-12(15)16)5-6-11(10)14/h1-2,9-10,13H,3-8H2,(H,15,16)/b2-1-/t9-,10+/m1/s1/i1D,3D2,7D2. The van der Waals surface area contributed by atoms with Gasteiger partial charge < -0.3 is 10.2 Å². The molecule has 0 heterocycles. The highest BCUT2D eigenvalue weighted by atomic mass is 16.4. The van der Waals surface area contributed by atoms with Crippen molar-refractivity contribution in [3.63, 3.8) is 0 Å². The fourth-order valence-electron chi connectivity index (χ4n) is 2.04. The lowest BCUT2D eigenvalue weighted by atomic mass is 9.89. The number of hydrogen-bond acceptors (Lipinski definition) is 3. The van der Waals surface area contributed by atoms with Crippen molar-refractivity contribution in [2.75, 3.05) is 6.56 Å². The summed E-state index contributed by atoms with van der Waals surface area (Å²) in [5, 5.41) is 17.9. The van der Waals surface area contributed by atoms with Gasteiger partial charge in [0, 0.05) is 28.1 Å². The maximum atomic E-state index is 11.7. The zero-order valence-corrected chi connectivity index (χ0v) is 8.77. The SMILES string of the molecule is [2H]/C(=C/C[C@@H]1C(=O)CC[C@@H]1CC(=O)O)C([2H])([2H])C([2H])([2H])O. The normalized spacial score (nSPS) is 32.4. The molecule has 0 spiro atoms. The van der Waals surface area contributed by atoms with Gasteiger partial charge in [-0.3, -0.25) is 9.59 Å². The Bertz CT molecular complexity index is 455. The maximum Gasteiger partial charge on any atom is 0.303 e. The molecular weight excluding hydrogens is 208 g/mol. The molecule has 4 heteroatoms. The molecular formula is C12H18O4. The summed E-state index contributed by atoms with van der Waals surface area (Å²) in [6, 6.07) is -0.760. The molecule has 0 aromatic rings. The number of rotatable bonds is 6. The van der Waals surface area contributed by atoms with Crippen LogP contribution in [-0.2, 0) is 9.59 Å². The van der Waals surface area contributed by atoms with E-state index < -0.39 is 30.9 Å². The van der Waals surface area contributed by atoms with Gasteiger partial charge in [0.25, 0.3) is 0 Å². The second kappa shape index (κ2) is 6.43. The predicted octanol–water partition coefficient (Wildman–Crippen LogP) is 1.39. The van der Waals surface area contributed by atoms with Gasteiger partial charge in [-0.2, -0.15) is 0 Å². The Hall–Kier alpha value is -1.16. The van der Waals surface area contributed by atoms with Gasteiger partial charge >= 0.3 is 5.97 Å². The minimum atomic E-state index is -3.21. The van der Waals surface area contributed by atoms with Crippen LogP contribution in [0.4, 0.5) is 0 Å². The molecule has 4 nitrogen and oxygen atoms in total. The van der Waals surface area contributed by atoms with Crippen molar-refractivity contribution >= 4 is 11.8 Å². The van der Waals surface area contributed by atoms with Gasteiger partial charge in [-0.1, -0.05) is 12.1 Å². The molecule has 2 atom stereocenters. The zero-order chi connectivity index (χ0) is 16.4. The highest BCUT2D eigenvalue weighted by Crippen LogP contribution is 2.33. The lowest BCUT2D eigenvalue weighted by Gasteiger charge is -2.14. The van der Waals surface area contributed by atoms with E-state index in [1.54, 1.807) is 0 Å². The number of allylic oxidation sites excluding steroid dienone is 1. The molecule has 2 N–H and O–H groups in total. The summed E-state index contributed by atoms with van der Waals surface area (Å²) >= 11 is 0. The molecule has 0 aromatic carbocycles. The number of hydrogen-bond donors (Lipinski definition) is 2. The third-order valence-electron chi connectivity index (χ3n) is 2.78. The smallest absolute Gasteiger partial charge is 0.303 e. The van der Waals surface area contributed by atoms with Gasteiger partial charge in [0.05, 0.1) is 4.11 Å². The largest absolute Gasteiger partial charge is 0.481 e. The van der Waals surface area contributed by atoms with Crippen LogP contribution in [0, 0.1) is 11.8 Å². The lowest BCUT2D eigenvalue weighted by Crippen LogP contribution is -2.17. The minimum Gasteiger partial charge on any atom is -0.481 e. The van der Waals surface area contributed by atoms with E-state index >= 15 is 0 Å². The Morgan fingerprint density at radius 3 is 3.06 bits per heavy atom. The number of carboxylic acid groups (broad SMARTS) is 1. The van der Waals surface area contributed by atoms with Crippen LogP contribution in [0.3, 0.4) is 0 Å². The molecule has 0 radical (unpaired) electrons. The number of carbonyl (C=O) groups excluding carboxylic acids is 1. The second-order valence-corrected chi connectivity index (χ2v) is 3.79. The fourth-order valence-corrected chi connectivity index (χ4v) is 2.04. The molecule has 1 aliphatic carbocycles. The van der Waals surface area contributed by atoms with Crippen LogP contribution in [0.5, 0.6) is 0 Å². The lowest BCUT2D eigenvalue weighted by molar-refractivity contribution is -0.138. The maximum absolute atomic E-state index is 11.7. The van der Waals surface area contributed by atoms with Crippen molar-refractivity contribution in [3.05, 3.63) is 12.1 Å². The molecule has 0 saturated heterocycles. The van der Waals surface area contributed by atoms with E-state index in [9.17, 15) is 9.59 Å². The molecule has 1 rings (SSSR count). The Labute approximate surface area is 102 Å². The summed E-state index contributed by atoms with van der Waals surface area (Å²) in [7, 11) is 0. The molecule has 1 fully saturated rings. The van der Waals surface area contributed by atoms with E-state index in [4.69, 9.17) is 17.1 Å². The van der Waals surface area contributed by atoms with Crippen LogP contribution in [0.1, 0.15) is 38.9 Å². The second-order valence-electron chi connectivity index (χ2n) is 3.79. The number of carboxylic acids is 1. The average Bonchev–Trinajstić information content (AvgIpc) is 2.65. The van der Waals surface area contributed by atoms with Crippen molar-refractivity contribution in [3.8, 4) is 0 Å². The Balaban J connectivity index is 2.82. The molecule has 1 saturated carbocycles. The number of Topliss-reactive ketones (excluding diaryl/α,β-unsaturated/α-hetero) is 1. The Kier molecular flexibility index (Phi) is 2.90. The van der Waals surface area contributed by atoms with Crippen LogP contribution in [0.2, 0.25) is 0 Å². The fraction of sp³-hybridized carbons (Fsp3) is 0.667. The highest BCUT2D eigenvalue weighted by Gasteiger charge is 2.34. The van der Waals surface area contributed by atoms with Gasteiger partial charge in [0.15, 0.2) is 0 Å². The first-order valence-corrected chi connectivity index (χ1v) is 5.11. The summed E-state index contributed by atoms with van der Waals surface area (Å²) in [6.45, 7) is -3.21. The number of aliphatic carboxylic acids is 1. The van der Waals surface area contributed by atoms with Gasteiger partial charge in [-0.25, -0.2) is 0 Å². The van der Waals surface area contributed by atoms with Crippen LogP contribution in [0.25, 0.3) is 0 Å². The molecule has 90 valence electrons. The minimum absolute atomic E-state index is 0.0226. The summed E-state index contributed by atoms with van der Waals surface area (Å²) in [4.78, 5) is 22.5. The third kappa shape index (κ3) is 3.77. The molecule has 0 unspecified atom stereocenters. The molecule has 16 heavy (non-hydrogen) atoms. The van der Waals surface area contributed by atoms with E-state index in [2.05, 4.69) is 0 Å². The molecule has 1 aliphatic rings. The van der Waals surface area contributed by atoms with Crippen LogP contribution >= 0.6 is 0 Å². The Morgan fingerprint density at radius 2 is 2.44 bits per heavy atom. The molecule has 0 aromatic heterocycles. The summed E-state index contributed by atoms with van der Waals surface area (Å²) in [6.07, 6.45) is -1.31. The summed E-state index contributed by atoms with van der Waals surface area (Å²) < 4.78 is 36.2. The summed E-state index contributed by atoms with van der Waals surface area (Å²) in [5.41, 5.74) is 0. The number of carbonyl (C=O) groups is 2. The van der Waals surface area contributed by atoms with Crippen molar-refractivity contribution in [1.82, 2.24) is 0 Å². The highest BCUT2D eigenvalue weighted by molar-refractivity contribution is 5.84. The monoisotopic (exact) mass is 231 g/mol. The molecule has 0 aliphatic heterocycles. The van der Waals surface area contributed by atoms with Gasteiger partial charge in [0.1, 0.15) is 5.78 Å². The van der Waals surface area contributed by atoms with Crippen LogP contribution < -0.4 is 0 Å². The topological polar surface area (TPSA) is 74.6 Å². The zero-order valence-electron chi connectivity index (χ0n) is 13.8. The van der Waals surface area contributed by atoms with Crippen LogP contribution in [-0.4, -0.2) is 28.5 Å². The van der Waals surface area contributed by atoms with Gasteiger partial charge in [-0.15, -0.1) is 0 Å². The van der Waals surface area contributed by atoms with Crippen molar-refractivity contribution < 1.29 is 26.7 Å². The first-order chi connectivity index (χ1) is 9.46. The van der Waals surface area contributed by atoms with E-state index in [1.165, 1.54) is 0 Å². The van der Waals surface area contributed by atoms with Crippen molar-refractivity contribution in [2.45, 2.75) is 32.1 Å². The summed E-state index contributed by atoms with van der Waals surface area (Å²) in [5.74, 6) is -2.09. The first kappa shape index (κ1) is 7.22. The third-order valence-corrected chi connectivity index (χ3v) is 2.78. The first-order valence-electron chi connectivity index (χ1n) is 7.61. The predicted molar refractivity (Wildman–Crippen MR) is 58.9 cm³/mol. The molecule has 0 bridgehead atoms. The quantitative estimate of drug-likeness (QED) is 0.677. The number of ketones is 1. The van der Waals surface area contributed by atoms with Crippen LogP contribution in [0.15, 0.2) is 12.1 Å². The van der Waals surface area contributed by atoms with E-state index in [1.807, 2.05) is 0 Å². The average molecular weight is 231 g/mol. The molecule has 0 amide bonds. The van der Waals surface area contributed by atoms with E-state index in [-0.39, 0.29) is 31.0 Å². The Morgan fingerprint density at radius 1 is 1.69 bits per heavy atom. The van der Waals surface area contributed by atoms with E-state index in [0.29, 0.717) is 6.42 Å². The number of aliphatic hydroxyl groups is 1. The van der Waals surface area contributed by atoms with Crippen molar-refractivity contribution in [2.24, 2.45) is 11.8 Å². The van der Waals surface area contributed by atoms with Gasteiger partial charge in [0.2, 0.25) is 0 Å². The van der Waals surface area contributed by atoms with Gasteiger partial charge in [-0.05, 0) is 25.1 Å². The van der Waals surface area contributed by atoms with Crippen molar-refractivity contribution in [1.29, 1.82) is 0 Å². The van der Waals surface area contributed by atoms with E-state index in [0.717, 1.165) is 6.08 Å².